The lowest BCUT2D eigenvalue weighted by atomic mass is 10.1. The molecule has 0 unspecified atom stereocenters. The van der Waals surface area contributed by atoms with Crippen LogP contribution in [0, 0.1) is 0 Å². The minimum Gasteiger partial charge on any atom is -0.480 e. The van der Waals surface area contributed by atoms with Gasteiger partial charge >= 0.3 is 5.97 Å². The molecule has 0 aromatic rings. The summed E-state index contributed by atoms with van der Waals surface area (Å²) >= 11 is 0. The van der Waals surface area contributed by atoms with Crippen LogP contribution in [0.3, 0.4) is 0 Å². The van der Waals surface area contributed by atoms with Crippen molar-refractivity contribution in [2.45, 2.75) is 31.8 Å². The number of aliphatic imine (C=N–C) groups is 1. The van der Waals surface area contributed by atoms with Crippen LogP contribution in [-0.4, -0.2) is 59.2 Å². The molecule has 0 aromatic carbocycles. The summed E-state index contributed by atoms with van der Waals surface area (Å²) in [5.41, 5.74) is 10.3. The van der Waals surface area contributed by atoms with Crippen LogP contribution in [0.15, 0.2) is 4.99 Å². The zero-order valence-electron chi connectivity index (χ0n) is 11.7. The molecule has 0 saturated heterocycles. The van der Waals surface area contributed by atoms with Crippen molar-refractivity contribution < 1.29 is 24.6 Å². The molecule has 8 N–H and O–H groups in total. The molecule has 0 aliphatic carbocycles. The molecule has 0 radical (unpaired) electrons. The zero-order valence-corrected chi connectivity index (χ0v) is 11.7. The SMILES string of the molecule is CC(=O)N[C@@H](CO)C(=O)N[C@@H](CCCN=C(N)N)C(=O)O. The molecule has 0 aliphatic heterocycles. The fraction of sp³-hybridized carbons (Fsp3) is 0.636. The number of nitrogens with two attached hydrogens (primary N) is 2. The topological polar surface area (TPSA) is 180 Å². The van der Waals surface area contributed by atoms with Crippen LogP contribution in [0.1, 0.15) is 19.8 Å². The number of hydrogen-bond acceptors (Lipinski definition) is 5. The minimum absolute atomic E-state index is 0.100. The Morgan fingerprint density at radius 1 is 1.19 bits per heavy atom. The van der Waals surface area contributed by atoms with E-state index in [1.807, 2.05) is 0 Å². The third-order valence-electron chi connectivity index (χ3n) is 2.44. The summed E-state index contributed by atoms with van der Waals surface area (Å²) in [5.74, 6) is -2.62. The van der Waals surface area contributed by atoms with Crippen molar-refractivity contribution in [2.24, 2.45) is 16.5 Å². The largest absolute Gasteiger partial charge is 0.480 e. The predicted octanol–water partition coefficient (Wildman–Crippen LogP) is -2.89. The predicted molar refractivity (Wildman–Crippen MR) is 74.2 cm³/mol. The van der Waals surface area contributed by atoms with Gasteiger partial charge in [0.15, 0.2) is 5.96 Å². The van der Waals surface area contributed by atoms with Gasteiger partial charge < -0.3 is 32.3 Å². The summed E-state index contributed by atoms with van der Waals surface area (Å²) in [6, 6.07) is -2.35. The van der Waals surface area contributed by atoms with Crippen LogP contribution in [0.4, 0.5) is 0 Å². The number of carbonyl (C=O) groups excluding carboxylic acids is 2. The highest BCUT2D eigenvalue weighted by Gasteiger charge is 2.25. The van der Waals surface area contributed by atoms with Crippen molar-refractivity contribution in [1.82, 2.24) is 10.6 Å². The molecule has 0 fully saturated rings. The fourth-order valence-electron chi connectivity index (χ4n) is 1.47. The van der Waals surface area contributed by atoms with Crippen molar-refractivity contribution in [3.05, 3.63) is 0 Å². The quantitative estimate of drug-likeness (QED) is 0.150. The third kappa shape index (κ3) is 8.42. The van der Waals surface area contributed by atoms with Crippen molar-refractivity contribution in [3.63, 3.8) is 0 Å². The normalized spacial score (nSPS) is 12.9. The Labute approximate surface area is 121 Å². The summed E-state index contributed by atoms with van der Waals surface area (Å²) in [6.07, 6.45) is 0.454. The first kappa shape index (κ1) is 18.6. The van der Waals surface area contributed by atoms with Crippen LogP contribution in [0.25, 0.3) is 0 Å². The monoisotopic (exact) mass is 303 g/mol. The van der Waals surface area contributed by atoms with Crippen LogP contribution in [0.5, 0.6) is 0 Å². The number of guanidine groups is 1. The summed E-state index contributed by atoms with van der Waals surface area (Å²) in [5, 5.41) is 22.5. The van der Waals surface area contributed by atoms with Gasteiger partial charge in [0.05, 0.1) is 6.61 Å². The summed E-state index contributed by atoms with van der Waals surface area (Å²) in [4.78, 5) is 37.3. The van der Waals surface area contributed by atoms with Crippen LogP contribution < -0.4 is 22.1 Å². The second kappa shape index (κ2) is 9.53. The fourth-order valence-corrected chi connectivity index (χ4v) is 1.47. The molecular formula is C11H21N5O5. The maximum atomic E-state index is 11.7. The average molecular weight is 303 g/mol. The average Bonchev–Trinajstić information content (AvgIpc) is 2.38. The maximum Gasteiger partial charge on any atom is 0.326 e. The number of carboxylic acid groups (broad SMARTS) is 1. The molecule has 0 spiro atoms. The van der Waals surface area contributed by atoms with Gasteiger partial charge in [0.1, 0.15) is 12.1 Å². The van der Waals surface area contributed by atoms with Crippen molar-refractivity contribution in [2.75, 3.05) is 13.2 Å². The first-order chi connectivity index (χ1) is 9.77. The molecular weight excluding hydrogens is 282 g/mol. The van der Waals surface area contributed by atoms with Gasteiger partial charge in [-0.15, -0.1) is 0 Å². The standard InChI is InChI=1S/C11H21N5O5/c1-6(18)15-8(5-17)9(19)16-7(10(20)21)3-2-4-14-11(12)13/h7-8,17H,2-5H2,1H3,(H,15,18)(H,16,19)(H,20,21)(H4,12,13,14)/t7-,8-/m0/s1. The highest BCUT2D eigenvalue weighted by Crippen LogP contribution is 1.99. The van der Waals surface area contributed by atoms with E-state index in [1.165, 1.54) is 6.92 Å². The number of rotatable bonds is 9. The number of nitrogens with zero attached hydrogens (tertiary/aromatic N) is 1. The number of nitrogens with one attached hydrogen (secondary N) is 2. The number of aliphatic hydroxyl groups is 1. The number of aliphatic carboxylic acids is 1. The second-order valence-corrected chi connectivity index (χ2v) is 4.28. The van der Waals surface area contributed by atoms with Crippen molar-refractivity contribution in [3.8, 4) is 0 Å². The number of aliphatic hydroxyl groups excluding tert-OH is 1. The lowest BCUT2D eigenvalue weighted by molar-refractivity contribution is -0.142. The van der Waals surface area contributed by atoms with Crippen LogP contribution in [0.2, 0.25) is 0 Å². The van der Waals surface area contributed by atoms with Gasteiger partial charge in [-0.25, -0.2) is 4.79 Å². The van der Waals surface area contributed by atoms with Gasteiger partial charge in [0.25, 0.3) is 0 Å². The number of hydrogen-bond donors (Lipinski definition) is 6. The van der Waals surface area contributed by atoms with Gasteiger partial charge in [0, 0.05) is 13.5 Å². The molecule has 0 aliphatic rings. The molecule has 0 aromatic heterocycles. The maximum absolute atomic E-state index is 11.7. The van der Waals surface area contributed by atoms with E-state index in [0.29, 0.717) is 6.42 Å². The van der Waals surface area contributed by atoms with E-state index >= 15 is 0 Å². The minimum atomic E-state index is -1.23. The Hall–Kier alpha value is -2.36. The summed E-state index contributed by atoms with van der Waals surface area (Å²) < 4.78 is 0. The number of carboxylic acids is 1. The molecule has 0 heterocycles. The highest BCUT2D eigenvalue weighted by atomic mass is 16.4. The van der Waals surface area contributed by atoms with Gasteiger partial charge in [-0.05, 0) is 12.8 Å². The molecule has 21 heavy (non-hydrogen) atoms. The van der Waals surface area contributed by atoms with Crippen molar-refractivity contribution in [1.29, 1.82) is 0 Å². The third-order valence-corrected chi connectivity index (χ3v) is 2.44. The molecule has 10 nitrogen and oxygen atoms in total. The van der Waals surface area contributed by atoms with Crippen LogP contribution in [-0.2, 0) is 14.4 Å². The Kier molecular flexibility index (Phi) is 8.46. The first-order valence-electron chi connectivity index (χ1n) is 6.24. The van der Waals surface area contributed by atoms with E-state index < -0.39 is 36.5 Å². The van der Waals surface area contributed by atoms with Gasteiger partial charge in [0.2, 0.25) is 11.8 Å². The molecule has 0 rings (SSSR count). The molecule has 2 atom stereocenters. The molecule has 10 heteroatoms. The highest BCUT2D eigenvalue weighted by molar-refractivity contribution is 5.90. The number of amides is 2. The smallest absolute Gasteiger partial charge is 0.326 e. The van der Waals surface area contributed by atoms with Crippen LogP contribution >= 0.6 is 0 Å². The Morgan fingerprint density at radius 2 is 1.81 bits per heavy atom. The first-order valence-corrected chi connectivity index (χ1v) is 6.24. The number of carbonyl (C=O) groups is 3. The van der Waals surface area contributed by atoms with Crippen molar-refractivity contribution >= 4 is 23.7 Å². The van der Waals surface area contributed by atoms with E-state index in [9.17, 15) is 14.4 Å². The van der Waals surface area contributed by atoms with Gasteiger partial charge in [-0.3, -0.25) is 14.6 Å². The lowest BCUT2D eigenvalue weighted by Crippen LogP contribution is -2.52. The van der Waals surface area contributed by atoms with E-state index in [4.69, 9.17) is 21.7 Å². The molecule has 120 valence electrons. The second-order valence-electron chi connectivity index (χ2n) is 4.28. The lowest BCUT2D eigenvalue weighted by Gasteiger charge is -2.19. The molecule has 0 saturated carbocycles. The molecule has 0 bridgehead atoms. The Balaban J connectivity index is 4.47. The van der Waals surface area contributed by atoms with Gasteiger partial charge in [-0.2, -0.15) is 0 Å². The van der Waals surface area contributed by atoms with E-state index in [1.54, 1.807) is 0 Å². The molecule has 2 amide bonds. The Bertz CT molecular complexity index is 408. The summed E-state index contributed by atoms with van der Waals surface area (Å²) in [7, 11) is 0. The summed E-state index contributed by atoms with van der Waals surface area (Å²) in [6.45, 7) is 0.780. The van der Waals surface area contributed by atoms with E-state index in [-0.39, 0.29) is 18.9 Å². The zero-order chi connectivity index (χ0) is 16.4. The Morgan fingerprint density at radius 3 is 2.24 bits per heavy atom. The van der Waals surface area contributed by atoms with Gasteiger partial charge in [-0.1, -0.05) is 0 Å². The van der Waals surface area contributed by atoms with E-state index in [2.05, 4.69) is 15.6 Å². The van der Waals surface area contributed by atoms with E-state index in [0.717, 1.165) is 0 Å².